The maximum absolute atomic E-state index is 10.1. The molecule has 0 aliphatic carbocycles. The summed E-state index contributed by atoms with van der Waals surface area (Å²) in [7, 11) is 0. The van der Waals surface area contributed by atoms with Crippen molar-refractivity contribution in [3.8, 4) is 35.3 Å². The molecule has 3 fully saturated rings. The Balaban J connectivity index is 1.14. The van der Waals surface area contributed by atoms with E-state index >= 15 is 0 Å². The molecular formula is C32H33N7O2. The Morgan fingerprint density at radius 2 is 2.05 bits per heavy atom. The number of fused-ring (bicyclic) bond motifs is 3. The molecule has 3 saturated heterocycles. The first-order chi connectivity index (χ1) is 19.8. The maximum atomic E-state index is 10.1. The Labute approximate surface area is 240 Å². The fraction of sp³-hybridized carbons (Fsp3) is 0.375. The minimum Gasteiger partial charge on any atom is -0.489 e. The number of nitrogens with zero attached hydrogens (tertiary/aromatic N) is 7. The second kappa shape index (κ2) is 10.9. The Hall–Kier alpha value is -4.44. The van der Waals surface area contributed by atoms with Crippen LogP contribution < -0.4 is 9.64 Å². The number of rotatable bonds is 8. The van der Waals surface area contributed by atoms with E-state index in [0.29, 0.717) is 28.9 Å². The van der Waals surface area contributed by atoms with Crippen LogP contribution in [0.5, 0.6) is 5.75 Å². The summed E-state index contributed by atoms with van der Waals surface area (Å²) in [6, 6.07) is 9.22. The molecule has 2 bridgehead atoms. The molecule has 41 heavy (non-hydrogen) atoms. The molecule has 0 saturated carbocycles. The zero-order chi connectivity index (χ0) is 28.6. The van der Waals surface area contributed by atoms with Gasteiger partial charge in [0.15, 0.2) is 0 Å². The van der Waals surface area contributed by atoms with Crippen LogP contribution >= 0.6 is 0 Å². The number of piperazine rings is 1. The molecule has 208 valence electrons. The molecule has 3 aromatic heterocycles. The van der Waals surface area contributed by atoms with Crippen molar-refractivity contribution in [3.63, 3.8) is 0 Å². The van der Waals surface area contributed by atoms with E-state index in [1.54, 1.807) is 37.0 Å². The Kier molecular flexibility index (Phi) is 7.08. The lowest BCUT2D eigenvalue weighted by atomic mass is 9.87. The van der Waals surface area contributed by atoms with E-state index in [4.69, 9.17) is 16.1 Å². The van der Waals surface area contributed by atoms with Crippen molar-refractivity contribution < 1.29 is 9.84 Å². The van der Waals surface area contributed by atoms with E-state index in [0.717, 1.165) is 60.7 Å². The Morgan fingerprint density at radius 1 is 1.22 bits per heavy atom. The first-order valence-electron chi connectivity index (χ1n) is 13.9. The quantitative estimate of drug-likeness (QED) is 0.426. The zero-order valence-corrected chi connectivity index (χ0v) is 23.4. The molecule has 7 heterocycles. The van der Waals surface area contributed by atoms with Crippen molar-refractivity contribution >= 4 is 17.0 Å². The number of anilines is 1. The number of terminal acetylenes is 1. The smallest absolute Gasteiger partial charge is 0.138 e. The summed E-state index contributed by atoms with van der Waals surface area (Å²) in [6.45, 7) is 6.32. The third-order valence-corrected chi connectivity index (χ3v) is 7.88. The van der Waals surface area contributed by atoms with Crippen LogP contribution in [0.1, 0.15) is 38.7 Å². The number of hydrogen-bond acceptors (Lipinski definition) is 8. The number of aliphatic hydroxyl groups is 1. The van der Waals surface area contributed by atoms with Gasteiger partial charge in [0.1, 0.15) is 24.2 Å². The van der Waals surface area contributed by atoms with E-state index in [9.17, 15) is 10.4 Å². The van der Waals surface area contributed by atoms with Gasteiger partial charge >= 0.3 is 0 Å². The number of aliphatic imine (C=N–C) groups is 1. The minimum absolute atomic E-state index is 0.130. The maximum Gasteiger partial charge on any atom is 0.138 e. The fourth-order valence-corrected chi connectivity index (χ4v) is 5.74. The molecule has 0 radical (unpaired) electrons. The van der Waals surface area contributed by atoms with Gasteiger partial charge in [-0.2, -0.15) is 10.4 Å². The van der Waals surface area contributed by atoms with Crippen LogP contribution in [0.3, 0.4) is 0 Å². The molecular weight excluding hydrogens is 514 g/mol. The van der Waals surface area contributed by atoms with E-state index in [1.165, 1.54) is 6.42 Å². The predicted octanol–water partition coefficient (Wildman–Crippen LogP) is 3.99. The number of piperidine rings is 1. The number of hydrogen-bond donors (Lipinski definition) is 1. The standard InChI is InChI=1S/C32H33N7O2/c1-4-22-7-9-25(34-15-22)6-5-11-38-26-12-27(38)19-37(18-26)30-10-8-23(16-35-30)29-13-28(41-21-32(2,3)40)20-39-31(29)24(14-33)17-36-39/h1,5-6,8,10,13,15-17,20,26-27,40H,7,9,11-12,18-19,21H2,2-3H3/b6-5+. The number of pyridine rings is 2. The van der Waals surface area contributed by atoms with Crippen molar-refractivity contribution in [2.75, 3.05) is 31.1 Å². The van der Waals surface area contributed by atoms with E-state index in [-0.39, 0.29) is 6.61 Å². The normalized spacial score (nSPS) is 20.8. The molecule has 2 unspecified atom stereocenters. The molecule has 0 aromatic carbocycles. The van der Waals surface area contributed by atoms with Gasteiger partial charge in [-0.3, -0.25) is 9.89 Å². The molecule has 9 heteroatoms. The highest BCUT2D eigenvalue weighted by Gasteiger charge is 2.44. The summed E-state index contributed by atoms with van der Waals surface area (Å²) in [5, 5.41) is 24.1. The molecule has 7 rings (SSSR count). The lowest BCUT2D eigenvalue weighted by molar-refractivity contribution is 0.0106. The largest absolute Gasteiger partial charge is 0.489 e. The second-order valence-corrected chi connectivity index (χ2v) is 11.5. The third kappa shape index (κ3) is 5.60. The molecule has 9 nitrogen and oxygen atoms in total. The SMILES string of the molecule is C#CC1=CN=C(/C=C/CN2C3CC2CN(c2ccc(-c4cc(OCC(C)(C)O)cn5ncc(C#N)c45)cn2)C3)CC1. The van der Waals surface area contributed by atoms with Gasteiger partial charge in [-0.05, 0) is 57.4 Å². The van der Waals surface area contributed by atoms with Gasteiger partial charge < -0.3 is 14.7 Å². The first-order valence-corrected chi connectivity index (χ1v) is 13.9. The molecule has 2 atom stereocenters. The van der Waals surface area contributed by atoms with E-state index in [2.05, 4.69) is 44.0 Å². The van der Waals surface area contributed by atoms with Gasteiger partial charge in [0, 0.05) is 66.5 Å². The van der Waals surface area contributed by atoms with Crippen LogP contribution in [0.2, 0.25) is 0 Å². The second-order valence-electron chi connectivity index (χ2n) is 11.5. The van der Waals surface area contributed by atoms with Crippen LogP contribution in [0.4, 0.5) is 5.82 Å². The van der Waals surface area contributed by atoms with Crippen molar-refractivity contribution in [1.29, 1.82) is 5.26 Å². The highest BCUT2D eigenvalue weighted by atomic mass is 16.5. The summed E-state index contributed by atoms with van der Waals surface area (Å²) < 4.78 is 7.50. The van der Waals surface area contributed by atoms with Crippen molar-refractivity contribution in [2.24, 2.45) is 4.99 Å². The van der Waals surface area contributed by atoms with Crippen LogP contribution in [0.15, 0.2) is 65.7 Å². The first kappa shape index (κ1) is 26.8. The number of aromatic nitrogens is 3. The van der Waals surface area contributed by atoms with Crippen LogP contribution in [0.25, 0.3) is 16.6 Å². The number of allylic oxidation sites excluding steroid dienone is 2. The van der Waals surface area contributed by atoms with Crippen molar-refractivity contribution in [3.05, 3.63) is 66.3 Å². The van der Waals surface area contributed by atoms with Gasteiger partial charge in [-0.25, -0.2) is 9.50 Å². The van der Waals surface area contributed by atoms with E-state index < -0.39 is 5.60 Å². The number of ether oxygens (including phenoxy) is 1. The lowest BCUT2D eigenvalue weighted by Gasteiger charge is -2.56. The molecule has 3 aromatic rings. The molecule has 1 N–H and O–H groups in total. The highest BCUT2D eigenvalue weighted by Crippen LogP contribution is 2.35. The lowest BCUT2D eigenvalue weighted by Crippen LogP contribution is -2.68. The topological polar surface area (TPSA) is 102 Å². The molecule has 4 aliphatic heterocycles. The molecule has 0 amide bonds. The summed E-state index contributed by atoms with van der Waals surface area (Å²) in [5.41, 5.74) is 3.93. The summed E-state index contributed by atoms with van der Waals surface area (Å²) in [5.74, 6) is 4.18. The zero-order valence-electron chi connectivity index (χ0n) is 23.4. The average Bonchev–Trinajstić information content (AvgIpc) is 3.41. The summed E-state index contributed by atoms with van der Waals surface area (Å²) >= 11 is 0. The van der Waals surface area contributed by atoms with Gasteiger partial charge in [-0.15, -0.1) is 6.42 Å². The Bertz CT molecular complexity index is 1620. The summed E-state index contributed by atoms with van der Waals surface area (Å²) in [4.78, 5) is 14.2. The van der Waals surface area contributed by atoms with Gasteiger partial charge in [-0.1, -0.05) is 12.0 Å². The van der Waals surface area contributed by atoms with Crippen molar-refractivity contribution in [1.82, 2.24) is 19.5 Å². The fourth-order valence-electron chi connectivity index (χ4n) is 5.74. The highest BCUT2D eigenvalue weighted by molar-refractivity contribution is 5.96. The monoisotopic (exact) mass is 547 g/mol. The van der Waals surface area contributed by atoms with Gasteiger partial charge in [0.25, 0.3) is 0 Å². The van der Waals surface area contributed by atoms with E-state index in [1.807, 2.05) is 24.4 Å². The van der Waals surface area contributed by atoms with Crippen LogP contribution in [-0.2, 0) is 0 Å². The Morgan fingerprint density at radius 3 is 2.71 bits per heavy atom. The predicted molar refractivity (Wildman–Crippen MR) is 159 cm³/mol. The number of nitriles is 1. The summed E-state index contributed by atoms with van der Waals surface area (Å²) in [6.07, 6.45) is 19.8. The molecule has 0 spiro atoms. The average molecular weight is 548 g/mol. The minimum atomic E-state index is -0.976. The van der Waals surface area contributed by atoms with Gasteiger partial charge in [0.05, 0.1) is 29.1 Å². The van der Waals surface area contributed by atoms with Crippen LogP contribution in [-0.4, -0.2) is 74.2 Å². The van der Waals surface area contributed by atoms with Crippen LogP contribution in [0, 0.1) is 23.7 Å². The van der Waals surface area contributed by atoms with Crippen molar-refractivity contribution in [2.45, 2.75) is 50.8 Å². The third-order valence-electron chi connectivity index (χ3n) is 7.88. The molecule has 4 aliphatic rings. The van der Waals surface area contributed by atoms with Gasteiger partial charge in [0.2, 0.25) is 0 Å².